The van der Waals surface area contributed by atoms with E-state index in [-0.39, 0.29) is 12.6 Å². The first-order valence-electron chi connectivity index (χ1n) is 6.26. The van der Waals surface area contributed by atoms with Crippen LogP contribution < -0.4 is 0 Å². The molecule has 1 fully saturated rings. The van der Waals surface area contributed by atoms with Crippen molar-refractivity contribution >= 4 is 16.3 Å². The SMILES string of the molecule is CN(C[C@@H]1COCCO1)S(=O)(=O)N(C(=O)O)C(C)(C)C. The Morgan fingerprint density at radius 3 is 2.35 bits per heavy atom. The largest absolute Gasteiger partial charge is 0.464 e. The highest BCUT2D eigenvalue weighted by Crippen LogP contribution is 2.21. The summed E-state index contributed by atoms with van der Waals surface area (Å²) in [5.41, 5.74) is -1.07. The quantitative estimate of drug-likeness (QED) is 0.805. The van der Waals surface area contributed by atoms with Crippen molar-refractivity contribution < 1.29 is 27.8 Å². The number of hydrogen-bond donors (Lipinski definition) is 1. The third-order valence-corrected chi connectivity index (χ3v) is 4.86. The van der Waals surface area contributed by atoms with Crippen molar-refractivity contribution in [2.45, 2.75) is 32.4 Å². The first kappa shape index (κ1) is 17.2. The Balaban J connectivity index is 2.86. The monoisotopic (exact) mass is 310 g/mol. The topological polar surface area (TPSA) is 96.4 Å². The fraction of sp³-hybridized carbons (Fsp3) is 0.909. The third-order valence-electron chi connectivity index (χ3n) is 2.75. The van der Waals surface area contributed by atoms with Gasteiger partial charge < -0.3 is 14.6 Å². The minimum atomic E-state index is -4.13. The Morgan fingerprint density at radius 2 is 1.95 bits per heavy atom. The number of hydrogen-bond acceptors (Lipinski definition) is 5. The zero-order valence-corrected chi connectivity index (χ0v) is 13.0. The summed E-state index contributed by atoms with van der Waals surface area (Å²) in [6.07, 6.45) is -1.90. The Bertz CT molecular complexity index is 438. The number of carboxylic acid groups (broad SMARTS) is 1. The molecule has 0 spiro atoms. The summed E-state index contributed by atoms with van der Waals surface area (Å²) >= 11 is 0. The van der Waals surface area contributed by atoms with Crippen LogP contribution in [0.5, 0.6) is 0 Å². The van der Waals surface area contributed by atoms with Crippen LogP contribution in [0, 0.1) is 0 Å². The highest BCUT2D eigenvalue weighted by molar-refractivity contribution is 7.87. The zero-order valence-electron chi connectivity index (χ0n) is 12.2. The number of carbonyl (C=O) groups is 1. The fourth-order valence-electron chi connectivity index (χ4n) is 1.89. The van der Waals surface area contributed by atoms with E-state index in [2.05, 4.69) is 0 Å². The maximum Gasteiger partial charge on any atom is 0.422 e. The van der Waals surface area contributed by atoms with E-state index in [1.165, 1.54) is 27.8 Å². The second-order valence-electron chi connectivity index (χ2n) is 5.57. The molecule has 1 amide bonds. The molecule has 1 heterocycles. The lowest BCUT2D eigenvalue weighted by atomic mass is 10.1. The van der Waals surface area contributed by atoms with Gasteiger partial charge in [0.25, 0.3) is 0 Å². The maximum absolute atomic E-state index is 12.4. The molecular weight excluding hydrogens is 288 g/mol. The zero-order chi connectivity index (χ0) is 15.6. The molecule has 0 aromatic rings. The van der Waals surface area contributed by atoms with Gasteiger partial charge in [-0.1, -0.05) is 0 Å². The highest BCUT2D eigenvalue weighted by atomic mass is 32.2. The van der Waals surface area contributed by atoms with E-state index in [0.717, 1.165) is 4.31 Å². The molecule has 0 aromatic carbocycles. The van der Waals surface area contributed by atoms with Crippen LogP contribution >= 0.6 is 0 Å². The van der Waals surface area contributed by atoms with Crippen molar-refractivity contribution in [2.24, 2.45) is 0 Å². The number of amides is 1. The predicted octanol–water partition coefficient (Wildman–Crippen LogP) is 0.357. The van der Waals surface area contributed by atoms with Gasteiger partial charge in [-0.05, 0) is 20.8 Å². The van der Waals surface area contributed by atoms with Crippen molar-refractivity contribution in [1.82, 2.24) is 8.61 Å². The van der Waals surface area contributed by atoms with E-state index in [1.54, 1.807) is 0 Å². The Morgan fingerprint density at radius 1 is 1.35 bits per heavy atom. The van der Waals surface area contributed by atoms with E-state index in [4.69, 9.17) is 14.6 Å². The molecule has 8 nitrogen and oxygen atoms in total. The first-order valence-corrected chi connectivity index (χ1v) is 7.65. The van der Waals surface area contributed by atoms with E-state index in [1.807, 2.05) is 0 Å². The van der Waals surface area contributed by atoms with Gasteiger partial charge in [0, 0.05) is 13.6 Å². The molecule has 9 heteroatoms. The average Bonchev–Trinajstić information content (AvgIpc) is 2.26. The standard InChI is InChI=1S/C11H22N2O6S/c1-11(2,3)13(10(14)15)20(16,17)12(4)7-9-8-18-5-6-19-9/h9H,5-8H2,1-4H3,(H,14,15)/t9-/m1/s1. The normalized spacial score (nSPS) is 20.9. The summed E-state index contributed by atoms with van der Waals surface area (Å²) in [4.78, 5) is 11.3. The summed E-state index contributed by atoms with van der Waals surface area (Å²) in [7, 11) is -2.80. The maximum atomic E-state index is 12.4. The molecule has 0 aromatic heterocycles. The molecule has 0 radical (unpaired) electrons. The van der Waals surface area contributed by atoms with Gasteiger partial charge in [-0.2, -0.15) is 17.0 Å². The summed E-state index contributed by atoms with van der Waals surface area (Å²) in [5, 5.41) is 9.16. The average molecular weight is 310 g/mol. The molecule has 0 aliphatic carbocycles. The van der Waals surface area contributed by atoms with E-state index in [9.17, 15) is 13.2 Å². The van der Waals surface area contributed by atoms with Gasteiger partial charge in [-0.3, -0.25) is 0 Å². The molecule has 1 rings (SSSR count). The van der Waals surface area contributed by atoms with Crippen LogP contribution in [0.2, 0.25) is 0 Å². The molecule has 1 N–H and O–H groups in total. The molecule has 20 heavy (non-hydrogen) atoms. The van der Waals surface area contributed by atoms with Gasteiger partial charge in [0.2, 0.25) is 0 Å². The Kier molecular flexibility index (Phi) is 5.36. The van der Waals surface area contributed by atoms with Crippen LogP contribution in [0.25, 0.3) is 0 Å². The Labute approximate surface area is 119 Å². The number of likely N-dealkylation sites (N-methyl/N-ethyl adjacent to an activating group) is 1. The van der Waals surface area contributed by atoms with Crippen LogP contribution in [-0.4, -0.2) is 73.3 Å². The minimum Gasteiger partial charge on any atom is -0.464 e. The highest BCUT2D eigenvalue weighted by Gasteiger charge is 2.40. The van der Waals surface area contributed by atoms with E-state index >= 15 is 0 Å². The lowest BCUT2D eigenvalue weighted by Gasteiger charge is -2.36. The second-order valence-corrected chi connectivity index (χ2v) is 7.46. The third kappa shape index (κ3) is 4.05. The molecule has 1 saturated heterocycles. The minimum absolute atomic E-state index is 0.0438. The summed E-state index contributed by atoms with van der Waals surface area (Å²) in [5.74, 6) is 0. The van der Waals surface area contributed by atoms with Crippen LogP contribution in [0.1, 0.15) is 20.8 Å². The van der Waals surface area contributed by atoms with Crippen LogP contribution in [0.4, 0.5) is 4.79 Å². The summed E-state index contributed by atoms with van der Waals surface area (Å²) in [6.45, 7) is 5.79. The van der Waals surface area contributed by atoms with E-state index in [0.29, 0.717) is 24.1 Å². The molecule has 0 unspecified atom stereocenters. The van der Waals surface area contributed by atoms with Gasteiger partial charge >= 0.3 is 16.3 Å². The summed E-state index contributed by atoms with van der Waals surface area (Å²) in [6, 6.07) is 0. The lowest BCUT2D eigenvalue weighted by molar-refractivity contribution is -0.0911. The van der Waals surface area contributed by atoms with Gasteiger partial charge in [-0.25, -0.2) is 4.79 Å². The van der Waals surface area contributed by atoms with Crippen molar-refractivity contribution in [1.29, 1.82) is 0 Å². The van der Waals surface area contributed by atoms with E-state index < -0.39 is 21.8 Å². The van der Waals surface area contributed by atoms with Crippen molar-refractivity contribution in [3.63, 3.8) is 0 Å². The van der Waals surface area contributed by atoms with Crippen molar-refractivity contribution in [2.75, 3.05) is 33.4 Å². The Hall–Kier alpha value is -0.900. The number of ether oxygens (including phenoxy) is 2. The number of rotatable bonds is 4. The molecule has 1 atom stereocenters. The molecule has 1 aliphatic rings. The molecule has 1 aliphatic heterocycles. The number of nitrogens with zero attached hydrogens (tertiary/aromatic N) is 2. The second kappa shape index (κ2) is 6.25. The van der Waals surface area contributed by atoms with Gasteiger partial charge in [0.05, 0.1) is 31.5 Å². The molecular formula is C11H22N2O6S. The molecule has 0 bridgehead atoms. The lowest BCUT2D eigenvalue weighted by Crippen LogP contribution is -2.55. The van der Waals surface area contributed by atoms with Gasteiger partial charge in [0.1, 0.15) is 0 Å². The van der Waals surface area contributed by atoms with Crippen LogP contribution in [-0.2, 0) is 19.7 Å². The van der Waals surface area contributed by atoms with Crippen LogP contribution in [0.15, 0.2) is 0 Å². The predicted molar refractivity (Wildman–Crippen MR) is 71.7 cm³/mol. The smallest absolute Gasteiger partial charge is 0.422 e. The molecule has 0 saturated carbocycles. The van der Waals surface area contributed by atoms with Crippen LogP contribution in [0.3, 0.4) is 0 Å². The van der Waals surface area contributed by atoms with Gasteiger partial charge in [-0.15, -0.1) is 0 Å². The van der Waals surface area contributed by atoms with Crippen molar-refractivity contribution in [3.8, 4) is 0 Å². The fourth-order valence-corrected chi connectivity index (χ4v) is 3.42. The molecule has 118 valence electrons. The van der Waals surface area contributed by atoms with Gasteiger partial charge in [0.15, 0.2) is 0 Å². The summed E-state index contributed by atoms with van der Waals surface area (Å²) < 4.78 is 36.7. The first-order chi connectivity index (χ1) is 9.06. The van der Waals surface area contributed by atoms with Crippen molar-refractivity contribution in [3.05, 3.63) is 0 Å².